The van der Waals surface area contributed by atoms with Gasteiger partial charge in [0, 0.05) is 24.1 Å². The molecule has 1 amide bonds. The van der Waals surface area contributed by atoms with E-state index in [9.17, 15) is 9.59 Å². The molecule has 12 heteroatoms. The Morgan fingerprint density at radius 2 is 1.85 bits per heavy atom. The molecule has 1 atom stereocenters. The van der Waals surface area contributed by atoms with Gasteiger partial charge >= 0.3 is 5.97 Å². The number of ether oxygens (including phenoxy) is 2. The Morgan fingerprint density at radius 3 is 2.59 bits per heavy atom. The second-order valence-electron chi connectivity index (χ2n) is 7.99. The highest BCUT2D eigenvalue weighted by Gasteiger charge is 2.34. The molecule has 0 radical (unpaired) electrons. The predicted octanol–water partition coefficient (Wildman–Crippen LogP) is 6.35. The SMILES string of the molecule is CCCC(=O)OCOCS/C(=N/c1cccc2cccnc12)NC(NC(=O)/C=C/c1ccccc1)C(Cl)(Cl)Cl. The maximum absolute atomic E-state index is 12.7. The van der Waals surface area contributed by atoms with E-state index in [1.165, 1.54) is 6.08 Å². The maximum atomic E-state index is 12.7. The Hall–Kier alpha value is -2.82. The lowest BCUT2D eigenvalue weighted by molar-refractivity contribution is -0.154. The van der Waals surface area contributed by atoms with Crippen LogP contribution in [0.3, 0.4) is 0 Å². The fraction of sp³-hybridized carbons (Fsp3) is 0.259. The van der Waals surface area contributed by atoms with E-state index in [0.29, 0.717) is 24.0 Å². The zero-order valence-corrected chi connectivity index (χ0v) is 24.1. The molecule has 1 unspecified atom stereocenters. The third-order valence-corrected chi connectivity index (χ3v) is 6.40. The topological polar surface area (TPSA) is 102 Å². The van der Waals surface area contributed by atoms with Gasteiger partial charge in [-0.25, -0.2) is 4.99 Å². The number of hydrogen-bond donors (Lipinski definition) is 2. The molecule has 1 heterocycles. The van der Waals surface area contributed by atoms with Crippen molar-refractivity contribution in [1.29, 1.82) is 0 Å². The fourth-order valence-electron chi connectivity index (χ4n) is 3.16. The molecule has 2 N–H and O–H groups in total. The minimum Gasteiger partial charge on any atom is -0.438 e. The second-order valence-corrected chi connectivity index (χ2v) is 11.3. The maximum Gasteiger partial charge on any atom is 0.307 e. The Morgan fingerprint density at radius 1 is 1.08 bits per heavy atom. The number of para-hydroxylation sites is 1. The molecule has 0 aliphatic rings. The largest absolute Gasteiger partial charge is 0.438 e. The molecule has 0 bridgehead atoms. The molecule has 2 aromatic carbocycles. The molecule has 0 spiro atoms. The number of alkyl halides is 3. The van der Waals surface area contributed by atoms with E-state index in [1.807, 2.05) is 61.5 Å². The number of thioether (sulfide) groups is 1. The summed E-state index contributed by atoms with van der Waals surface area (Å²) in [6.45, 7) is 1.66. The number of nitrogens with zero attached hydrogens (tertiary/aromatic N) is 2. The highest BCUT2D eigenvalue weighted by molar-refractivity contribution is 8.13. The van der Waals surface area contributed by atoms with Crippen LogP contribution in [0.4, 0.5) is 5.69 Å². The van der Waals surface area contributed by atoms with Gasteiger partial charge in [0.15, 0.2) is 12.0 Å². The monoisotopic (exact) mass is 608 g/mol. The van der Waals surface area contributed by atoms with E-state index in [0.717, 1.165) is 22.7 Å². The number of amidine groups is 1. The number of esters is 1. The van der Waals surface area contributed by atoms with Crippen LogP contribution < -0.4 is 10.6 Å². The first kappa shape index (κ1) is 30.7. The van der Waals surface area contributed by atoms with Gasteiger partial charge in [0.25, 0.3) is 0 Å². The lowest BCUT2D eigenvalue weighted by Gasteiger charge is -2.27. The molecular formula is C27H27Cl3N4O4S. The number of aliphatic imine (C=N–C) groups is 1. The van der Waals surface area contributed by atoms with E-state index in [-0.39, 0.29) is 23.9 Å². The molecule has 0 saturated carbocycles. The number of nitrogens with one attached hydrogen (secondary N) is 2. The van der Waals surface area contributed by atoms with Gasteiger partial charge in [0.1, 0.15) is 12.1 Å². The Labute approximate surface area is 246 Å². The van der Waals surface area contributed by atoms with Crippen molar-refractivity contribution < 1.29 is 19.1 Å². The van der Waals surface area contributed by atoms with Crippen LogP contribution in [0.15, 0.2) is 77.9 Å². The Kier molecular flexibility index (Phi) is 12.4. The highest BCUT2D eigenvalue weighted by atomic mass is 35.6. The van der Waals surface area contributed by atoms with E-state index in [1.54, 1.807) is 18.3 Å². The number of aromatic nitrogens is 1. The molecular weight excluding hydrogens is 583 g/mol. The molecule has 8 nitrogen and oxygen atoms in total. The molecule has 0 aliphatic carbocycles. The molecule has 1 aromatic heterocycles. The first-order valence-corrected chi connectivity index (χ1v) is 14.0. The van der Waals surface area contributed by atoms with Crippen LogP contribution in [0.5, 0.6) is 0 Å². The van der Waals surface area contributed by atoms with Crippen LogP contribution >= 0.6 is 46.6 Å². The lowest BCUT2D eigenvalue weighted by atomic mass is 10.2. The van der Waals surface area contributed by atoms with Crippen molar-refractivity contribution in [3.8, 4) is 0 Å². The van der Waals surface area contributed by atoms with Gasteiger partial charge in [-0.15, -0.1) is 0 Å². The van der Waals surface area contributed by atoms with Gasteiger partial charge in [-0.2, -0.15) is 0 Å². The summed E-state index contributed by atoms with van der Waals surface area (Å²) >= 11 is 19.8. The van der Waals surface area contributed by atoms with Crippen LogP contribution in [-0.2, 0) is 19.1 Å². The molecule has 0 aliphatic heterocycles. The number of halogens is 3. The van der Waals surface area contributed by atoms with E-state index < -0.39 is 15.9 Å². The summed E-state index contributed by atoms with van der Waals surface area (Å²) in [5.74, 6) is -0.783. The minimum absolute atomic E-state index is 0.0534. The number of rotatable bonds is 11. The molecule has 39 heavy (non-hydrogen) atoms. The molecule has 206 valence electrons. The zero-order valence-electron chi connectivity index (χ0n) is 21.0. The number of hydrogen-bond acceptors (Lipinski definition) is 7. The van der Waals surface area contributed by atoms with E-state index in [4.69, 9.17) is 44.3 Å². The molecule has 3 aromatic rings. The third-order valence-electron chi connectivity index (χ3n) is 4.98. The number of carbonyl (C=O) groups excluding carboxylic acids is 2. The summed E-state index contributed by atoms with van der Waals surface area (Å²) in [6, 6.07) is 18.6. The van der Waals surface area contributed by atoms with Gasteiger partial charge in [-0.3, -0.25) is 14.6 Å². The zero-order chi connectivity index (χ0) is 28.1. The summed E-state index contributed by atoms with van der Waals surface area (Å²) in [4.78, 5) is 33.3. The minimum atomic E-state index is -1.94. The van der Waals surface area contributed by atoms with E-state index >= 15 is 0 Å². The van der Waals surface area contributed by atoms with Crippen molar-refractivity contribution in [2.45, 2.75) is 29.7 Å². The molecule has 3 rings (SSSR count). The van der Waals surface area contributed by atoms with Crippen LogP contribution in [0, 0.1) is 0 Å². The summed E-state index contributed by atoms with van der Waals surface area (Å²) in [5.41, 5.74) is 2.05. The quantitative estimate of drug-likeness (QED) is 0.0497. The average molecular weight is 610 g/mol. The summed E-state index contributed by atoms with van der Waals surface area (Å²) < 4.78 is 8.51. The smallest absolute Gasteiger partial charge is 0.307 e. The van der Waals surface area contributed by atoms with Gasteiger partial charge in [0.05, 0.1) is 11.2 Å². The third kappa shape index (κ3) is 10.7. The average Bonchev–Trinajstić information content (AvgIpc) is 2.91. The first-order valence-electron chi connectivity index (χ1n) is 11.9. The number of pyridine rings is 1. The van der Waals surface area contributed by atoms with Crippen LogP contribution in [0.2, 0.25) is 0 Å². The normalized spacial score (nSPS) is 12.9. The van der Waals surface area contributed by atoms with E-state index in [2.05, 4.69) is 20.6 Å². The predicted molar refractivity (Wildman–Crippen MR) is 159 cm³/mol. The summed E-state index contributed by atoms with van der Waals surface area (Å²) in [5, 5.41) is 6.81. The number of fused-ring (bicyclic) bond motifs is 1. The van der Waals surface area contributed by atoms with Crippen molar-refractivity contribution >= 4 is 86.3 Å². The van der Waals surface area contributed by atoms with Gasteiger partial charge < -0.3 is 20.1 Å². The highest BCUT2D eigenvalue weighted by Crippen LogP contribution is 2.30. The van der Waals surface area contributed by atoms with Crippen LogP contribution in [0.1, 0.15) is 25.3 Å². The Bertz CT molecular complexity index is 1300. The van der Waals surface area contributed by atoms with Crippen LogP contribution in [0.25, 0.3) is 17.0 Å². The van der Waals surface area contributed by atoms with Crippen molar-refractivity contribution in [1.82, 2.24) is 15.6 Å². The second kappa shape index (κ2) is 15.7. The summed E-state index contributed by atoms with van der Waals surface area (Å²) in [6.07, 6.45) is 4.47. The lowest BCUT2D eigenvalue weighted by Crippen LogP contribution is -2.54. The molecule has 0 fully saturated rings. The number of carbonyl (C=O) groups is 2. The van der Waals surface area contributed by atoms with Crippen molar-refractivity contribution in [3.05, 3.63) is 78.5 Å². The molecule has 0 saturated heterocycles. The van der Waals surface area contributed by atoms with Gasteiger partial charge in [-0.1, -0.05) is 102 Å². The Balaban J connectivity index is 1.78. The van der Waals surface area contributed by atoms with Crippen molar-refractivity contribution in [2.75, 3.05) is 12.7 Å². The van der Waals surface area contributed by atoms with Crippen molar-refractivity contribution in [2.24, 2.45) is 4.99 Å². The number of benzene rings is 2. The van der Waals surface area contributed by atoms with Crippen LogP contribution in [-0.4, -0.2) is 44.7 Å². The standard InChI is InChI=1S/C27H27Cl3N4O4S/c1-2-8-23(36)38-17-37-18-39-26(32-21-13-6-11-20-12-7-16-31-24(20)21)34-25(27(28,29)30)33-22(35)15-14-19-9-4-3-5-10-19/h3-7,9-16,25H,2,8,17-18H2,1H3,(H,32,34)(H,33,35)/b15-14+. The van der Waals surface area contributed by atoms with Crippen molar-refractivity contribution in [3.63, 3.8) is 0 Å². The first-order chi connectivity index (χ1) is 18.8. The number of amides is 1. The van der Waals surface area contributed by atoms with Gasteiger partial charge in [-0.05, 0) is 30.2 Å². The fourth-order valence-corrected chi connectivity index (χ4v) is 4.11. The van der Waals surface area contributed by atoms with Gasteiger partial charge in [0.2, 0.25) is 9.70 Å². The summed E-state index contributed by atoms with van der Waals surface area (Å²) in [7, 11) is 0.